The number of rotatable bonds is 3. The molecule has 0 spiro atoms. The minimum Gasteiger partial charge on any atom is -0.437 e. The van der Waals surface area contributed by atoms with Crippen molar-refractivity contribution < 1.29 is 4.74 Å². The average Bonchev–Trinajstić information content (AvgIpc) is 2.55. The number of aromatic nitrogens is 2. The van der Waals surface area contributed by atoms with Gasteiger partial charge in [0.1, 0.15) is 17.8 Å². The summed E-state index contributed by atoms with van der Waals surface area (Å²) in [6.45, 7) is 5.84. The molecule has 1 aliphatic rings. The van der Waals surface area contributed by atoms with E-state index in [4.69, 9.17) is 22.1 Å². The van der Waals surface area contributed by atoms with Gasteiger partial charge in [0.2, 0.25) is 5.88 Å². The van der Waals surface area contributed by atoms with Gasteiger partial charge in [-0.25, -0.2) is 4.98 Å². The predicted octanol–water partition coefficient (Wildman–Crippen LogP) is 4.11. The van der Waals surface area contributed by atoms with Crippen LogP contribution in [0.3, 0.4) is 0 Å². The lowest BCUT2D eigenvalue weighted by Gasteiger charge is -2.28. The standard InChI is InChI=1S/C17H21ClN4O/c1-11-8-13(9-12(2)14(11)18)23-17-15(19)16(20-10-21-17)22-6-4-3-5-7-22/h8-10H,3-7,19H2,1-2H3. The van der Waals surface area contributed by atoms with Crippen molar-refractivity contribution in [2.45, 2.75) is 33.1 Å². The normalized spacial score (nSPS) is 14.8. The lowest BCUT2D eigenvalue weighted by atomic mass is 10.1. The van der Waals surface area contributed by atoms with Gasteiger partial charge in [0.25, 0.3) is 0 Å². The Bertz CT molecular complexity index is 691. The van der Waals surface area contributed by atoms with Gasteiger partial charge in [-0.3, -0.25) is 0 Å². The minimum atomic E-state index is 0.390. The maximum atomic E-state index is 6.25. The zero-order valence-electron chi connectivity index (χ0n) is 13.5. The van der Waals surface area contributed by atoms with Crippen molar-refractivity contribution in [1.82, 2.24) is 9.97 Å². The fraction of sp³-hybridized carbons (Fsp3) is 0.412. The summed E-state index contributed by atoms with van der Waals surface area (Å²) < 4.78 is 5.90. The number of ether oxygens (including phenoxy) is 1. The summed E-state index contributed by atoms with van der Waals surface area (Å²) in [5.41, 5.74) is 8.66. The highest BCUT2D eigenvalue weighted by Gasteiger charge is 2.18. The van der Waals surface area contributed by atoms with Crippen molar-refractivity contribution in [2.75, 3.05) is 23.7 Å². The molecule has 122 valence electrons. The van der Waals surface area contributed by atoms with Gasteiger partial charge >= 0.3 is 0 Å². The summed E-state index contributed by atoms with van der Waals surface area (Å²) in [5.74, 6) is 1.83. The Labute approximate surface area is 141 Å². The van der Waals surface area contributed by atoms with Gasteiger partial charge in [0.15, 0.2) is 5.82 Å². The number of hydrogen-bond donors (Lipinski definition) is 1. The highest BCUT2D eigenvalue weighted by molar-refractivity contribution is 6.32. The fourth-order valence-electron chi connectivity index (χ4n) is 2.89. The Kier molecular flexibility index (Phi) is 4.57. The summed E-state index contributed by atoms with van der Waals surface area (Å²) in [6, 6.07) is 3.77. The number of aryl methyl sites for hydroxylation is 2. The van der Waals surface area contributed by atoms with E-state index >= 15 is 0 Å². The van der Waals surface area contributed by atoms with E-state index in [1.807, 2.05) is 26.0 Å². The van der Waals surface area contributed by atoms with E-state index in [9.17, 15) is 0 Å². The SMILES string of the molecule is Cc1cc(Oc2ncnc(N3CCCCC3)c2N)cc(C)c1Cl. The molecule has 0 bridgehead atoms. The van der Waals surface area contributed by atoms with Crippen LogP contribution in [0.4, 0.5) is 11.5 Å². The number of anilines is 2. The molecule has 0 saturated carbocycles. The van der Waals surface area contributed by atoms with Crippen LogP contribution in [0, 0.1) is 13.8 Å². The zero-order valence-corrected chi connectivity index (χ0v) is 14.2. The molecule has 5 nitrogen and oxygen atoms in total. The lowest BCUT2D eigenvalue weighted by molar-refractivity contribution is 0.462. The smallest absolute Gasteiger partial charge is 0.248 e. The van der Waals surface area contributed by atoms with Gasteiger partial charge < -0.3 is 15.4 Å². The molecule has 0 amide bonds. The van der Waals surface area contributed by atoms with Gasteiger partial charge in [-0.05, 0) is 56.4 Å². The molecule has 2 N–H and O–H groups in total. The largest absolute Gasteiger partial charge is 0.437 e. The third-order valence-electron chi connectivity index (χ3n) is 4.11. The van der Waals surface area contributed by atoms with Crippen molar-refractivity contribution in [1.29, 1.82) is 0 Å². The zero-order chi connectivity index (χ0) is 16.4. The number of nitrogens with two attached hydrogens (primary N) is 1. The molecule has 2 aromatic rings. The molecule has 0 unspecified atom stereocenters. The topological polar surface area (TPSA) is 64.3 Å². The second kappa shape index (κ2) is 6.62. The first-order valence-corrected chi connectivity index (χ1v) is 8.24. The van der Waals surface area contributed by atoms with Crippen LogP contribution in [0.5, 0.6) is 11.6 Å². The molecule has 1 saturated heterocycles. The Hall–Kier alpha value is -2.01. The molecule has 6 heteroatoms. The summed E-state index contributed by atoms with van der Waals surface area (Å²) >= 11 is 6.20. The Morgan fingerprint density at radius 2 is 1.74 bits per heavy atom. The van der Waals surface area contributed by atoms with E-state index in [0.29, 0.717) is 17.3 Å². The van der Waals surface area contributed by atoms with Crippen LogP contribution in [0.15, 0.2) is 18.5 Å². The first-order valence-electron chi connectivity index (χ1n) is 7.86. The molecular weight excluding hydrogens is 312 g/mol. The highest BCUT2D eigenvalue weighted by atomic mass is 35.5. The second-order valence-corrected chi connectivity index (χ2v) is 6.31. The van der Waals surface area contributed by atoms with Gasteiger partial charge in [-0.1, -0.05) is 11.6 Å². The van der Waals surface area contributed by atoms with Crippen LogP contribution in [-0.4, -0.2) is 23.1 Å². The Balaban J connectivity index is 1.88. The minimum absolute atomic E-state index is 0.390. The van der Waals surface area contributed by atoms with Gasteiger partial charge in [-0.15, -0.1) is 0 Å². The molecule has 1 aromatic carbocycles. The van der Waals surface area contributed by atoms with Crippen LogP contribution >= 0.6 is 11.6 Å². The monoisotopic (exact) mass is 332 g/mol. The van der Waals surface area contributed by atoms with Crippen LogP contribution in [-0.2, 0) is 0 Å². The van der Waals surface area contributed by atoms with E-state index in [2.05, 4.69) is 14.9 Å². The fourth-order valence-corrected chi connectivity index (χ4v) is 3.00. The highest BCUT2D eigenvalue weighted by Crippen LogP contribution is 2.34. The van der Waals surface area contributed by atoms with Crippen molar-refractivity contribution in [3.63, 3.8) is 0 Å². The van der Waals surface area contributed by atoms with Crippen molar-refractivity contribution in [2.24, 2.45) is 0 Å². The van der Waals surface area contributed by atoms with Gasteiger partial charge in [0, 0.05) is 18.1 Å². The number of halogens is 1. The van der Waals surface area contributed by atoms with Gasteiger partial charge in [0.05, 0.1) is 0 Å². The van der Waals surface area contributed by atoms with E-state index in [1.165, 1.54) is 12.7 Å². The Morgan fingerprint density at radius 3 is 2.39 bits per heavy atom. The number of nitrogens with zero attached hydrogens (tertiary/aromatic N) is 3. The third-order valence-corrected chi connectivity index (χ3v) is 4.70. The number of nitrogen functional groups attached to an aromatic ring is 1. The van der Waals surface area contributed by atoms with Crippen LogP contribution < -0.4 is 15.4 Å². The molecule has 0 radical (unpaired) electrons. The quantitative estimate of drug-likeness (QED) is 0.916. The van der Waals surface area contributed by atoms with E-state index in [0.717, 1.165) is 47.9 Å². The summed E-state index contributed by atoms with van der Waals surface area (Å²) in [4.78, 5) is 10.7. The molecule has 0 aliphatic carbocycles. The number of piperidine rings is 1. The maximum Gasteiger partial charge on any atom is 0.248 e. The molecule has 2 heterocycles. The van der Waals surface area contributed by atoms with Crippen molar-refractivity contribution in [3.05, 3.63) is 34.6 Å². The molecule has 1 fully saturated rings. The third kappa shape index (κ3) is 3.34. The molecule has 23 heavy (non-hydrogen) atoms. The van der Waals surface area contributed by atoms with E-state index < -0.39 is 0 Å². The van der Waals surface area contributed by atoms with Crippen LogP contribution in [0.1, 0.15) is 30.4 Å². The first-order chi connectivity index (χ1) is 11.1. The van der Waals surface area contributed by atoms with Crippen molar-refractivity contribution >= 4 is 23.1 Å². The van der Waals surface area contributed by atoms with Crippen molar-refractivity contribution in [3.8, 4) is 11.6 Å². The van der Waals surface area contributed by atoms with Crippen LogP contribution in [0.2, 0.25) is 5.02 Å². The summed E-state index contributed by atoms with van der Waals surface area (Å²) in [7, 11) is 0. The summed E-state index contributed by atoms with van der Waals surface area (Å²) in [6.07, 6.45) is 5.09. The first kappa shape index (κ1) is 15.9. The number of hydrogen-bond acceptors (Lipinski definition) is 5. The van der Waals surface area contributed by atoms with E-state index in [1.54, 1.807) is 0 Å². The molecule has 0 atom stereocenters. The predicted molar refractivity (Wildman–Crippen MR) is 93.5 cm³/mol. The average molecular weight is 333 g/mol. The summed E-state index contributed by atoms with van der Waals surface area (Å²) in [5, 5.41) is 0.752. The lowest BCUT2D eigenvalue weighted by Crippen LogP contribution is -2.31. The number of benzene rings is 1. The Morgan fingerprint density at radius 1 is 1.09 bits per heavy atom. The molecule has 3 rings (SSSR count). The van der Waals surface area contributed by atoms with Crippen LogP contribution in [0.25, 0.3) is 0 Å². The maximum absolute atomic E-state index is 6.25. The van der Waals surface area contributed by atoms with Gasteiger partial charge in [-0.2, -0.15) is 4.98 Å². The molecule has 1 aromatic heterocycles. The second-order valence-electron chi connectivity index (χ2n) is 5.94. The molecule has 1 aliphatic heterocycles. The van der Waals surface area contributed by atoms with E-state index in [-0.39, 0.29) is 0 Å². The molecular formula is C17H21ClN4O.